The maximum atomic E-state index is 13.7. The van der Waals surface area contributed by atoms with E-state index in [1.165, 1.54) is 21.8 Å². The standard InChI is InChI=1S/C24H19FIN3O2S/c1-13-9-19(7-8-21(13)26)28-14(2)10-16(15(28)3)11-20-22(30)27-24(32)29(23(20)31)18-6-4-5-17(25)12-18/h4-12H,1-3H3,(H,27,30,32)/b20-11-. The molecule has 2 amide bonds. The summed E-state index contributed by atoms with van der Waals surface area (Å²) < 4.78 is 17.0. The lowest BCUT2D eigenvalue weighted by molar-refractivity contribution is -0.122. The van der Waals surface area contributed by atoms with Crippen molar-refractivity contribution in [1.82, 2.24) is 9.88 Å². The number of benzene rings is 2. The minimum absolute atomic E-state index is 0.0677. The van der Waals surface area contributed by atoms with E-state index in [0.29, 0.717) is 0 Å². The van der Waals surface area contributed by atoms with E-state index in [1.54, 1.807) is 12.1 Å². The minimum Gasteiger partial charge on any atom is -0.318 e. The summed E-state index contributed by atoms with van der Waals surface area (Å²) in [5, 5.41) is 2.45. The van der Waals surface area contributed by atoms with Gasteiger partial charge in [-0.25, -0.2) is 4.39 Å². The topological polar surface area (TPSA) is 54.3 Å². The molecule has 162 valence electrons. The van der Waals surface area contributed by atoms with Crippen molar-refractivity contribution in [3.05, 3.63) is 86.0 Å². The van der Waals surface area contributed by atoms with Crippen LogP contribution in [0.3, 0.4) is 0 Å². The number of anilines is 1. The van der Waals surface area contributed by atoms with Gasteiger partial charge in [-0.3, -0.25) is 19.8 Å². The Labute approximate surface area is 204 Å². The smallest absolute Gasteiger partial charge is 0.270 e. The van der Waals surface area contributed by atoms with Gasteiger partial charge in [0.05, 0.1) is 5.69 Å². The second kappa shape index (κ2) is 8.59. The Hall–Kier alpha value is -2.85. The number of thiocarbonyl (C=S) groups is 1. The lowest BCUT2D eigenvalue weighted by Crippen LogP contribution is -2.54. The van der Waals surface area contributed by atoms with Crippen molar-refractivity contribution in [2.75, 3.05) is 4.90 Å². The van der Waals surface area contributed by atoms with E-state index >= 15 is 0 Å². The lowest BCUT2D eigenvalue weighted by atomic mass is 10.1. The Morgan fingerprint density at radius 1 is 1.03 bits per heavy atom. The van der Waals surface area contributed by atoms with Gasteiger partial charge < -0.3 is 4.57 Å². The molecule has 1 aromatic heterocycles. The Morgan fingerprint density at radius 3 is 2.47 bits per heavy atom. The van der Waals surface area contributed by atoms with Crippen molar-refractivity contribution in [2.24, 2.45) is 0 Å². The highest BCUT2D eigenvalue weighted by Gasteiger charge is 2.34. The van der Waals surface area contributed by atoms with E-state index in [9.17, 15) is 14.0 Å². The Balaban J connectivity index is 1.77. The minimum atomic E-state index is -0.598. The average Bonchev–Trinajstić information content (AvgIpc) is 3.00. The van der Waals surface area contributed by atoms with Crippen molar-refractivity contribution < 1.29 is 14.0 Å². The Bertz CT molecular complexity index is 1330. The van der Waals surface area contributed by atoms with E-state index in [2.05, 4.69) is 51.5 Å². The molecule has 0 atom stereocenters. The number of hydrogen-bond donors (Lipinski definition) is 1. The van der Waals surface area contributed by atoms with Crippen LogP contribution in [0.25, 0.3) is 11.8 Å². The van der Waals surface area contributed by atoms with Crippen LogP contribution >= 0.6 is 34.8 Å². The number of rotatable bonds is 3. The van der Waals surface area contributed by atoms with Gasteiger partial charge in [-0.05, 0) is 115 Å². The summed E-state index contributed by atoms with van der Waals surface area (Å²) >= 11 is 7.47. The van der Waals surface area contributed by atoms with E-state index < -0.39 is 17.6 Å². The van der Waals surface area contributed by atoms with Gasteiger partial charge in [-0.15, -0.1) is 0 Å². The summed E-state index contributed by atoms with van der Waals surface area (Å²) in [4.78, 5) is 27.0. The monoisotopic (exact) mass is 559 g/mol. The Kier molecular flexibility index (Phi) is 6.00. The van der Waals surface area contributed by atoms with Gasteiger partial charge in [0.25, 0.3) is 11.8 Å². The molecule has 0 saturated carbocycles. The summed E-state index contributed by atoms with van der Waals surface area (Å²) in [6.45, 7) is 5.96. The zero-order valence-corrected chi connectivity index (χ0v) is 20.5. The molecule has 32 heavy (non-hydrogen) atoms. The van der Waals surface area contributed by atoms with Crippen molar-refractivity contribution in [2.45, 2.75) is 20.8 Å². The number of halogens is 2. The lowest BCUT2D eigenvalue weighted by Gasteiger charge is -2.28. The number of aryl methyl sites for hydroxylation is 2. The molecule has 8 heteroatoms. The molecule has 4 rings (SSSR count). The third-order valence-corrected chi connectivity index (χ3v) is 6.83. The molecule has 1 aliphatic heterocycles. The average molecular weight is 559 g/mol. The first kappa shape index (κ1) is 22.3. The third kappa shape index (κ3) is 4.00. The summed E-state index contributed by atoms with van der Waals surface area (Å²) in [6, 6.07) is 13.6. The van der Waals surface area contributed by atoms with Crippen LogP contribution in [0, 0.1) is 30.2 Å². The van der Waals surface area contributed by atoms with Crippen molar-refractivity contribution >= 4 is 63.5 Å². The van der Waals surface area contributed by atoms with Crippen LogP contribution in [-0.2, 0) is 9.59 Å². The fourth-order valence-corrected chi connectivity index (χ4v) is 4.38. The highest BCUT2D eigenvalue weighted by Crippen LogP contribution is 2.27. The van der Waals surface area contributed by atoms with Gasteiger partial charge in [-0.2, -0.15) is 0 Å². The van der Waals surface area contributed by atoms with Gasteiger partial charge in [0.1, 0.15) is 11.4 Å². The number of carbonyl (C=O) groups is 2. The summed E-state index contributed by atoms with van der Waals surface area (Å²) in [6.07, 6.45) is 1.56. The number of amides is 2. The van der Waals surface area contributed by atoms with Gasteiger partial charge in [0.15, 0.2) is 5.11 Å². The quantitative estimate of drug-likeness (QED) is 0.213. The molecule has 0 radical (unpaired) electrons. The molecular formula is C24H19FIN3O2S. The summed E-state index contributed by atoms with van der Waals surface area (Å²) in [5.74, 6) is -1.68. The van der Waals surface area contributed by atoms with E-state index in [0.717, 1.165) is 33.1 Å². The first-order chi connectivity index (χ1) is 15.2. The third-order valence-electron chi connectivity index (χ3n) is 5.34. The summed E-state index contributed by atoms with van der Waals surface area (Å²) in [5.41, 5.74) is 4.95. The number of carbonyl (C=O) groups excluding carboxylic acids is 2. The molecule has 1 fully saturated rings. The second-order valence-electron chi connectivity index (χ2n) is 7.53. The number of aromatic nitrogens is 1. The number of nitrogens with one attached hydrogen (secondary N) is 1. The zero-order valence-electron chi connectivity index (χ0n) is 17.6. The van der Waals surface area contributed by atoms with Gasteiger partial charge in [0.2, 0.25) is 0 Å². The highest BCUT2D eigenvalue weighted by atomic mass is 127. The second-order valence-corrected chi connectivity index (χ2v) is 9.08. The van der Waals surface area contributed by atoms with Crippen LogP contribution in [-0.4, -0.2) is 21.5 Å². The number of hydrogen-bond acceptors (Lipinski definition) is 3. The van der Waals surface area contributed by atoms with Gasteiger partial charge in [-0.1, -0.05) is 6.07 Å². The molecular weight excluding hydrogens is 540 g/mol. The maximum Gasteiger partial charge on any atom is 0.270 e. The van der Waals surface area contributed by atoms with Crippen molar-refractivity contribution in [1.29, 1.82) is 0 Å². The molecule has 5 nitrogen and oxygen atoms in total. The first-order valence-corrected chi connectivity index (χ1v) is 11.3. The molecule has 0 aliphatic carbocycles. The Morgan fingerprint density at radius 2 is 1.78 bits per heavy atom. The maximum absolute atomic E-state index is 13.7. The van der Waals surface area contributed by atoms with Crippen molar-refractivity contribution in [3.63, 3.8) is 0 Å². The molecule has 0 bridgehead atoms. The van der Waals surface area contributed by atoms with Crippen LogP contribution in [0.2, 0.25) is 0 Å². The van der Waals surface area contributed by atoms with Crippen LogP contribution in [0.1, 0.15) is 22.5 Å². The van der Waals surface area contributed by atoms with Crippen LogP contribution in [0.15, 0.2) is 54.1 Å². The van der Waals surface area contributed by atoms with Crippen LogP contribution in [0.5, 0.6) is 0 Å². The molecule has 1 N–H and O–H groups in total. The normalized spacial score (nSPS) is 15.5. The number of nitrogens with zero attached hydrogens (tertiary/aromatic N) is 2. The van der Waals surface area contributed by atoms with Gasteiger partial charge in [0, 0.05) is 20.6 Å². The van der Waals surface area contributed by atoms with Crippen LogP contribution in [0.4, 0.5) is 10.1 Å². The van der Waals surface area contributed by atoms with Gasteiger partial charge >= 0.3 is 0 Å². The molecule has 1 aliphatic rings. The van der Waals surface area contributed by atoms with E-state index in [1.807, 2.05) is 26.0 Å². The fraction of sp³-hybridized carbons (Fsp3) is 0.125. The highest BCUT2D eigenvalue weighted by molar-refractivity contribution is 14.1. The summed E-state index contributed by atoms with van der Waals surface area (Å²) in [7, 11) is 0. The molecule has 2 heterocycles. The fourth-order valence-electron chi connectivity index (χ4n) is 3.76. The zero-order chi connectivity index (χ0) is 23.2. The molecule has 3 aromatic rings. The van der Waals surface area contributed by atoms with E-state index in [4.69, 9.17) is 12.2 Å². The van der Waals surface area contributed by atoms with Crippen LogP contribution < -0.4 is 10.2 Å². The predicted octanol–water partition coefficient (Wildman–Crippen LogP) is 4.98. The molecule has 1 saturated heterocycles. The SMILES string of the molecule is Cc1cc(-n2c(C)cc(/C=C3/C(=O)NC(=S)N(c4cccc(F)c4)C3=O)c2C)ccc1I. The van der Waals surface area contributed by atoms with E-state index in [-0.39, 0.29) is 16.4 Å². The predicted molar refractivity (Wildman–Crippen MR) is 135 cm³/mol. The van der Waals surface area contributed by atoms with Crippen molar-refractivity contribution in [3.8, 4) is 5.69 Å². The molecule has 2 aromatic carbocycles. The first-order valence-electron chi connectivity index (χ1n) is 9.80. The largest absolute Gasteiger partial charge is 0.318 e. The molecule has 0 spiro atoms. The molecule has 0 unspecified atom stereocenters.